The lowest BCUT2D eigenvalue weighted by Crippen LogP contribution is -2.39. The molecule has 2 aromatic rings. The van der Waals surface area contributed by atoms with Crippen LogP contribution in [0, 0.1) is 6.92 Å². The second-order valence-corrected chi connectivity index (χ2v) is 5.85. The van der Waals surface area contributed by atoms with Crippen molar-refractivity contribution in [3.8, 4) is 5.75 Å². The van der Waals surface area contributed by atoms with E-state index in [2.05, 4.69) is 46.8 Å². The van der Waals surface area contributed by atoms with Crippen molar-refractivity contribution < 1.29 is 9.84 Å². The first-order valence-corrected chi connectivity index (χ1v) is 8.52. The second-order valence-electron chi connectivity index (χ2n) is 5.85. The molecule has 0 aliphatic carbocycles. The molecule has 0 amide bonds. The Labute approximate surface area is 149 Å². The SMILES string of the molecule is CCNC(=NCc1ccc(C)cc1)NCC(O)c1ccc(OC)cc1. The van der Waals surface area contributed by atoms with Gasteiger partial charge in [0.15, 0.2) is 5.96 Å². The van der Waals surface area contributed by atoms with Crippen LogP contribution < -0.4 is 15.4 Å². The number of hydrogen-bond donors (Lipinski definition) is 3. The molecule has 25 heavy (non-hydrogen) atoms. The lowest BCUT2D eigenvalue weighted by molar-refractivity contribution is 0.180. The van der Waals surface area contributed by atoms with Crippen LogP contribution in [0.5, 0.6) is 5.75 Å². The Kier molecular flexibility index (Phi) is 7.29. The van der Waals surface area contributed by atoms with Crippen molar-refractivity contribution in [1.29, 1.82) is 0 Å². The van der Waals surface area contributed by atoms with Gasteiger partial charge in [-0.3, -0.25) is 0 Å². The van der Waals surface area contributed by atoms with Gasteiger partial charge in [-0.05, 0) is 37.1 Å². The predicted molar refractivity (Wildman–Crippen MR) is 102 cm³/mol. The van der Waals surface area contributed by atoms with Crippen LogP contribution >= 0.6 is 0 Å². The molecule has 3 N–H and O–H groups in total. The Morgan fingerprint density at radius 3 is 2.36 bits per heavy atom. The van der Waals surface area contributed by atoms with Gasteiger partial charge in [-0.25, -0.2) is 4.99 Å². The number of aliphatic hydroxyl groups is 1. The highest BCUT2D eigenvalue weighted by atomic mass is 16.5. The maximum atomic E-state index is 10.3. The van der Waals surface area contributed by atoms with Crippen molar-refractivity contribution in [2.45, 2.75) is 26.5 Å². The van der Waals surface area contributed by atoms with Gasteiger partial charge in [0.05, 0.1) is 19.8 Å². The lowest BCUT2D eigenvalue weighted by atomic mass is 10.1. The van der Waals surface area contributed by atoms with E-state index in [0.29, 0.717) is 19.0 Å². The lowest BCUT2D eigenvalue weighted by Gasteiger charge is -2.16. The topological polar surface area (TPSA) is 65.9 Å². The van der Waals surface area contributed by atoms with Crippen LogP contribution in [0.4, 0.5) is 0 Å². The van der Waals surface area contributed by atoms with E-state index in [1.165, 1.54) is 5.56 Å². The number of rotatable bonds is 7. The van der Waals surface area contributed by atoms with Crippen molar-refractivity contribution in [2.24, 2.45) is 4.99 Å². The van der Waals surface area contributed by atoms with E-state index in [1.54, 1.807) is 7.11 Å². The molecule has 0 heterocycles. The van der Waals surface area contributed by atoms with Crippen LogP contribution in [-0.2, 0) is 6.54 Å². The Hall–Kier alpha value is -2.53. The van der Waals surface area contributed by atoms with Crippen LogP contribution in [0.15, 0.2) is 53.5 Å². The summed E-state index contributed by atoms with van der Waals surface area (Å²) in [7, 11) is 1.63. The highest BCUT2D eigenvalue weighted by Gasteiger charge is 2.08. The van der Waals surface area contributed by atoms with Gasteiger partial charge >= 0.3 is 0 Å². The fraction of sp³-hybridized carbons (Fsp3) is 0.350. The zero-order valence-corrected chi connectivity index (χ0v) is 15.1. The molecule has 0 saturated heterocycles. The van der Waals surface area contributed by atoms with E-state index in [-0.39, 0.29) is 0 Å². The molecular weight excluding hydrogens is 314 g/mol. The summed E-state index contributed by atoms with van der Waals surface area (Å²) in [5.41, 5.74) is 3.22. The van der Waals surface area contributed by atoms with Gasteiger partial charge in [0, 0.05) is 13.1 Å². The Bertz CT molecular complexity index is 666. The van der Waals surface area contributed by atoms with Crippen LogP contribution in [0.1, 0.15) is 29.7 Å². The molecule has 0 aromatic heterocycles. The summed E-state index contributed by atoms with van der Waals surface area (Å²) < 4.78 is 5.13. The summed E-state index contributed by atoms with van der Waals surface area (Å²) in [6, 6.07) is 15.7. The molecule has 0 radical (unpaired) electrons. The van der Waals surface area contributed by atoms with Crippen LogP contribution in [0.25, 0.3) is 0 Å². The quantitative estimate of drug-likeness (QED) is 0.535. The number of hydrogen-bond acceptors (Lipinski definition) is 3. The normalized spacial score (nSPS) is 12.6. The summed E-state index contributed by atoms with van der Waals surface area (Å²) >= 11 is 0. The molecule has 134 valence electrons. The average Bonchev–Trinajstić information content (AvgIpc) is 2.65. The molecule has 2 aromatic carbocycles. The summed E-state index contributed by atoms with van der Waals surface area (Å²) in [6.07, 6.45) is -0.617. The fourth-order valence-electron chi connectivity index (χ4n) is 2.34. The molecule has 5 nitrogen and oxygen atoms in total. The number of nitrogens with one attached hydrogen (secondary N) is 2. The number of aliphatic hydroxyl groups excluding tert-OH is 1. The van der Waals surface area contributed by atoms with Crippen molar-refractivity contribution in [3.05, 3.63) is 65.2 Å². The molecule has 0 saturated carbocycles. The molecule has 0 aliphatic heterocycles. The van der Waals surface area contributed by atoms with Crippen molar-refractivity contribution in [1.82, 2.24) is 10.6 Å². The van der Waals surface area contributed by atoms with E-state index >= 15 is 0 Å². The zero-order chi connectivity index (χ0) is 18.1. The number of aryl methyl sites for hydroxylation is 1. The minimum Gasteiger partial charge on any atom is -0.497 e. The minimum atomic E-state index is -0.617. The monoisotopic (exact) mass is 341 g/mol. The van der Waals surface area contributed by atoms with Gasteiger partial charge in [0.1, 0.15) is 5.75 Å². The van der Waals surface area contributed by atoms with Crippen molar-refractivity contribution in [3.63, 3.8) is 0 Å². The molecule has 5 heteroatoms. The van der Waals surface area contributed by atoms with E-state index < -0.39 is 6.10 Å². The molecule has 1 unspecified atom stereocenters. The number of ether oxygens (including phenoxy) is 1. The second kappa shape index (κ2) is 9.69. The Balaban J connectivity index is 1.93. The third-order valence-electron chi connectivity index (χ3n) is 3.85. The minimum absolute atomic E-state index is 0.381. The molecule has 0 aliphatic rings. The van der Waals surface area contributed by atoms with Crippen LogP contribution in [0.3, 0.4) is 0 Å². The summed E-state index contributed by atoms with van der Waals surface area (Å²) in [5.74, 6) is 1.47. The summed E-state index contributed by atoms with van der Waals surface area (Å²) in [4.78, 5) is 4.57. The third-order valence-corrected chi connectivity index (χ3v) is 3.85. The molecular formula is C20H27N3O2. The number of methoxy groups -OCH3 is 1. The fourth-order valence-corrected chi connectivity index (χ4v) is 2.34. The molecule has 1 atom stereocenters. The number of benzene rings is 2. The maximum absolute atomic E-state index is 10.3. The Morgan fingerprint density at radius 2 is 1.76 bits per heavy atom. The molecule has 0 spiro atoms. The van der Waals surface area contributed by atoms with Gasteiger partial charge in [-0.15, -0.1) is 0 Å². The van der Waals surface area contributed by atoms with Gasteiger partial charge in [-0.2, -0.15) is 0 Å². The van der Waals surface area contributed by atoms with Gasteiger partial charge in [-0.1, -0.05) is 42.0 Å². The highest BCUT2D eigenvalue weighted by Crippen LogP contribution is 2.16. The van der Waals surface area contributed by atoms with E-state index in [1.807, 2.05) is 31.2 Å². The third kappa shape index (κ3) is 6.12. The van der Waals surface area contributed by atoms with Gasteiger partial charge < -0.3 is 20.5 Å². The number of aliphatic imine (C=N–C) groups is 1. The first kappa shape index (κ1) is 18.8. The first-order valence-electron chi connectivity index (χ1n) is 8.52. The standard InChI is InChI=1S/C20H27N3O2/c1-4-21-20(22-13-16-7-5-15(2)6-8-16)23-14-19(24)17-9-11-18(25-3)12-10-17/h5-12,19,24H,4,13-14H2,1-3H3,(H2,21,22,23). The largest absolute Gasteiger partial charge is 0.497 e. The number of guanidine groups is 1. The van der Waals surface area contributed by atoms with E-state index in [9.17, 15) is 5.11 Å². The average molecular weight is 341 g/mol. The predicted octanol–water partition coefficient (Wildman–Crippen LogP) is 2.79. The highest BCUT2D eigenvalue weighted by molar-refractivity contribution is 5.79. The smallest absolute Gasteiger partial charge is 0.191 e. The van der Waals surface area contributed by atoms with E-state index in [4.69, 9.17) is 4.74 Å². The van der Waals surface area contributed by atoms with Crippen molar-refractivity contribution in [2.75, 3.05) is 20.2 Å². The van der Waals surface area contributed by atoms with Crippen LogP contribution in [0.2, 0.25) is 0 Å². The van der Waals surface area contributed by atoms with Gasteiger partial charge in [0.2, 0.25) is 0 Å². The molecule has 0 fully saturated rings. The van der Waals surface area contributed by atoms with Gasteiger partial charge in [0.25, 0.3) is 0 Å². The molecule has 0 bridgehead atoms. The maximum Gasteiger partial charge on any atom is 0.191 e. The Morgan fingerprint density at radius 1 is 1.08 bits per heavy atom. The summed E-state index contributed by atoms with van der Waals surface area (Å²) in [6.45, 7) is 5.82. The van der Waals surface area contributed by atoms with E-state index in [0.717, 1.165) is 23.4 Å². The number of nitrogens with zero attached hydrogens (tertiary/aromatic N) is 1. The zero-order valence-electron chi connectivity index (χ0n) is 15.1. The summed E-state index contributed by atoms with van der Waals surface area (Å²) in [5, 5.41) is 16.7. The van der Waals surface area contributed by atoms with Crippen LogP contribution in [-0.4, -0.2) is 31.3 Å². The van der Waals surface area contributed by atoms with Crippen molar-refractivity contribution >= 4 is 5.96 Å². The first-order chi connectivity index (χ1) is 12.1. The molecule has 2 rings (SSSR count).